The van der Waals surface area contributed by atoms with E-state index in [0.29, 0.717) is 10.6 Å². The number of hydrogen-bond acceptors (Lipinski definition) is 3. The van der Waals surface area contributed by atoms with Crippen LogP contribution in [-0.4, -0.2) is 19.0 Å². The molecule has 0 saturated carbocycles. The maximum absolute atomic E-state index is 13.8. The van der Waals surface area contributed by atoms with Crippen LogP contribution in [0, 0.1) is 5.82 Å². The molecule has 100 valence electrons. The number of nitrogens with zero attached hydrogens (tertiary/aromatic N) is 1. The quantitative estimate of drug-likeness (QED) is 0.864. The van der Waals surface area contributed by atoms with Crippen LogP contribution in [0.3, 0.4) is 0 Å². The molecule has 4 heteroatoms. The fourth-order valence-electron chi connectivity index (χ4n) is 1.79. The van der Waals surface area contributed by atoms with E-state index in [-0.39, 0.29) is 5.82 Å². The predicted molar refractivity (Wildman–Crippen MR) is 78.8 cm³/mol. The lowest BCUT2D eigenvalue weighted by Crippen LogP contribution is -2.11. The molecule has 2 nitrogen and oxygen atoms in total. The maximum Gasteiger partial charge on any atom is 0.139 e. The Morgan fingerprint density at radius 2 is 1.84 bits per heavy atom. The van der Waals surface area contributed by atoms with E-state index in [0.717, 1.165) is 11.4 Å². The Morgan fingerprint density at radius 1 is 1.11 bits per heavy atom. The summed E-state index contributed by atoms with van der Waals surface area (Å²) in [7, 11) is 4.04. The molecule has 0 spiro atoms. The van der Waals surface area contributed by atoms with Crippen LogP contribution in [0.15, 0.2) is 52.3 Å². The molecule has 0 heterocycles. The third-order valence-corrected chi connectivity index (χ3v) is 3.80. The molecule has 0 amide bonds. The molecular weight excluding hydrogens is 258 g/mol. The summed E-state index contributed by atoms with van der Waals surface area (Å²) in [6.45, 7) is 0.833. The number of anilines is 1. The number of nitrogen functional groups attached to an aromatic ring is 1. The van der Waals surface area contributed by atoms with Gasteiger partial charge in [0.2, 0.25) is 0 Å². The minimum absolute atomic E-state index is 0.273. The lowest BCUT2D eigenvalue weighted by atomic mass is 10.2. The topological polar surface area (TPSA) is 29.3 Å². The van der Waals surface area contributed by atoms with Gasteiger partial charge in [0.05, 0.1) is 0 Å². The Balaban J connectivity index is 2.27. The molecule has 2 aromatic carbocycles. The Labute approximate surface area is 117 Å². The van der Waals surface area contributed by atoms with Crippen LogP contribution in [0.1, 0.15) is 5.56 Å². The van der Waals surface area contributed by atoms with Gasteiger partial charge in [-0.2, -0.15) is 0 Å². The highest BCUT2D eigenvalue weighted by molar-refractivity contribution is 7.99. The lowest BCUT2D eigenvalue weighted by molar-refractivity contribution is 0.399. The van der Waals surface area contributed by atoms with Crippen molar-refractivity contribution in [2.24, 2.45) is 0 Å². The normalized spacial score (nSPS) is 10.9. The number of halogens is 1. The second-order valence-corrected chi connectivity index (χ2v) is 5.72. The number of nitrogens with two attached hydrogens (primary N) is 1. The summed E-state index contributed by atoms with van der Waals surface area (Å²) in [6.07, 6.45) is 0. The Bertz CT molecular complexity index is 570. The fraction of sp³-hybridized carbons (Fsp3) is 0.200. The van der Waals surface area contributed by atoms with Gasteiger partial charge in [0.1, 0.15) is 5.82 Å². The van der Waals surface area contributed by atoms with Crippen molar-refractivity contribution in [3.05, 3.63) is 53.8 Å². The Hall–Kier alpha value is -1.52. The number of rotatable bonds is 4. The molecule has 2 aromatic rings. The largest absolute Gasteiger partial charge is 0.399 e. The molecule has 0 aromatic heterocycles. The maximum atomic E-state index is 13.8. The summed E-state index contributed by atoms with van der Waals surface area (Å²) in [5, 5.41) is 0. The lowest BCUT2D eigenvalue weighted by Gasteiger charge is -2.14. The standard InChI is InChI=1S/C15H17FN2S/c1-18(2)10-11-5-3-4-6-14(11)19-15-8-7-12(17)9-13(15)16/h3-9H,10,17H2,1-2H3/i16-1. The van der Waals surface area contributed by atoms with Gasteiger partial charge in [-0.3, -0.25) is 0 Å². The van der Waals surface area contributed by atoms with Gasteiger partial charge in [0.25, 0.3) is 0 Å². The molecule has 0 saturated heterocycles. The fourth-order valence-corrected chi connectivity index (χ4v) is 2.73. The van der Waals surface area contributed by atoms with E-state index in [2.05, 4.69) is 11.0 Å². The Morgan fingerprint density at radius 3 is 2.53 bits per heavy atom. The van der Waals surface area contributed by atoms with Gasteiger partial charge in [-0.15, -0.1) is 0 Å². The van der Waals surface area contributed by atoms with Crippen LogP contribution in [0.5, 0.6) is 0 Å². The highest BCUT2D eigenvalue weighted by atomic mass is 32.2. The van der Waals surface area contributed by atoms with Crippen molar-refractivity contribution in [2.75, 3.05) is 19.8 Å². The SMILES string of the molecule is CN(C)Cc1ccccc1Sc1ccc(N)cc1[18F]. The van der Waals surface area contributed by atoms with Crippen molar-refractivity contribution < 1.29 is 4.39 Å². The van der Waals surface area contributed by atoms with E-state index >= 15 is 0 Å². The summed E-state index contributed by atoms with van der Waals surface area (Å²) in [6, 6.07) is 12.9. The van der Waals surface area contributed by atoms with Crippen molar-refractivity contribution in [1.29, 1.82) is 0 Å². The van der Waals surface area contributed by atoms with E-state index < -0.39 is 0 Å². The highest BCUT2D eigenvalue weighted by Gasteiger charge is 2.08. The van der Waals surface area contributed by atoms with E-state index in [1.165, 1.54) is 23.4 Å². The highest BCUT2D eigenvalue weighted by Crippen LogP contribution is 2.33. The second-order valence-electron chi connectivity index (χ2n) is 4.64. The van der Waals surface area contributed by atoms with E-state index in [9.17, 15) is 4.39 Å². The average molecular weight is 275 g/mol. The van der Waals surface area contributed by atoms with Crippen LogP contribution in [0.4, 0.5) is 10.1 Å². The van der Waals surface area contributed by atoms with Gasteiger partial charge in [-0.25, -0.2) is 4.39 Å². The molecule has 0 aliphatic heterocycles. The summed E-state index contributed by atoms with van der Waals surface area (Å²) < 4.78 is 13.8. The van der Waals surface area contributed by atoms with Crippen molar-refractivity contribution in [1.82, 2.24) is 4.90 Å². The molecule has 0 bridgehead atoms. The molecule has 2 rings (SSSR count). The smallest absolute Gasteiger partial charge is 0.139 e. The molecule has 0 radical (unpaired) electrons. The van der Waals surface area contributed by atoms with Crippen LogP contribution >= 0.6 is 11.8 Å². The van der Waals surface area contributed by atoms with Crippen LogP contribution in [0.25, 0.3) is 0 Å². The molecule has 0 unspecified atom stereocenters. The van der Waals surface area contributed by atoms with Gasteiger partial charge in [0, 0.05) is 22.0 Å². The van der Waals surface area contributed by atoms with Gasteiger partial charge < -0.3 is 10.6 Å². The minimum Gasteiger partial charge on any atom is -0.399 e. The zero-order chi connectivity index (χ0) is 13.8. The van der Waals surface area contributed by atoms with E-state index in [1.54, 1.807) is 12.1 Å². The van der Waals surface area contributed by atoms with Gasteiger partial charge in [-0.1, -0.05) is 30.0 Å². The van der Waals surface area contributed by atoms with Crippen LogP contribution in [0.2, 0.25) is 0 Å². The van der Waals surface area contributed by atoms with Gasteiger partial charge in [-0.05, 0) is 43.9 Å². The van der Waals surface area contributed by atoms with Crippen LogP contribution < -0.4 is 5.73 Å². The minimum atomic E-state index is -0.273. The third-order valence-electron chi connectivity index (χ3n) is 2.64. The molecule has 19 heavy (non-hydrogen) atoms. The van der Waals surface area contributed by atoms with E-state index in [4.69, 9.17) is 5.73 Å². The summed E-state index contributed by atoms with van der Waals surface area (Å²) in [5.41, 5.74) is 7.20. The van der Waals surface area contributed by atoms with Crippen molar-refractivity contribution in [3.63, 3.8) is 0 Å². The van der Waals surface area contributed by atoms with Gasteiger partial charge in [0.15, 0.2) is 0 Å². The summed E-state index contributed by atoms with van der Waals surface area (Å²) in [4.78, 5) is 3.76. The first-order chi connectivity index (χ1) is 9.06. The first-order valence-electron chi connectivity index (χ1n) is 6.02. The summed E-state index contributed by atoms with van der Waals surface area (Å²) >= 11 is 1.43. The molecular formula is C15H17FN2S. The van der Waals surface area contributed by atoms with Crippen molar-refractivity contribution >= 4 is 17.4 Å². The van der Waals surface area contributed by atoms with Crippen LogP contribution in [-0.2, 0) is 6.54 Å². The number of hydrogen-bond donors (Lipinski definition) is 1. The molecule has 0 atom stereocenters. The molecule has 0 fully saturated rings. The first kappa shape index (κ1) is 13.9. The zero-order valence-corrected chi connectivity index (χ0v) is 11.9. The van der Waals surface area contributed by atoms with E-state index in [1.807, 2.05) is 32.3 Å². The second kappa shape index (κ2) is 6.08. The predicted octanol–water partition coefficient (Wildman–Crippen LogP) is 3.62. The summed E-state index contributed by atoms with van der Waals surface area (Å²) in [5.74, 6) is -0.273. The monoisotopic (exact) mass is 275 g/mol. The molecule has 2 N–H and O–H groups in total. The van der Waals surface area contributed by atoms with Crippen molar-refractivity contribution in [3.8, 4) is 0 Å². The molecule has 0 aliphatic rings. The number of benzene rings is 2. The van der Waals surface area contributed by atoms with Gasteiger partial charge >= 0.3 is 0 Å². The first-order valence-corrected chi connectivity index (χ1v) is 6.83. The van der Waals surface area contributed by atoms with Crippen molar-refractivity contribution in [2.45, 2.75) is 16.3 Å². The zero-order valence-electron chi connectivity index (χ0n) is 11.1. The molecule has 0 aliphatic carbocycles. The average Bonchev–Trinajstić information content (AvgIpc) is 2.34. The Kier molecular flexibility index (Phi) is 4.45. The third kappa shape index (κ3) is 3.72.